The van der Waals surface area contributed by atoms with Gasteiger partial charge in [0.05, 0.1) is 5.75 Å². The lowest BCUT2D eigenvalue weighted by Gasteiger charge is -2.00. The number of hydrogen-bond donors (Lipinski definition) is 0. The van der Waals surface area contributed by atoms with E-state index in [1.165, 1.54) is 0 Å². The summed E-state index contributed by atoms with van der Waals surface area (Å²) >= 11 is 6.91. The van der Waals surface area contributed by atoms with Crippen molar-refractivity contribution >= 4 is 23.4 Å². The number of benzene rings is 2. The SMILES string of the molecule is Fc1ccc(F)c(SCc2nnc(-c3ccc(Cl)cc3)o2)c1. The number of aromatic nitrogens is 2. The van der Waals surface area contributed by atoms with Gasteiger partial charge in [-0.3, -0.25) is 0 Å². The van der Waals surface area contributed by atoms with Gasteiger partial charge < -0.3 is 4.42 Å². The van der Waals surface area contributed by atoms with E-state index in [0.717, 1.165) is 35.5 Å². The highest BCUT2D eigenvalue weighted by molar-refractivity contribution is 7.98. The van der Waals surface area contributed by atoms with Gasteiger partial charge in [0.25, 0.3) is 0 Å². The molecule has 0 bridgehead atoms. The lowest BCUT2D eigenvalue weighted by Crippen LogP contribution is -1.86. The molecule has 7 heteroatoms. The van der Waals surface area contributed by atoms with Gasteiger partial charge in [-0.25, -0.2) is 8.78 Å². The summed E-state index contributed by atoms with van der Waals surface area (Å²) in [4.78, 5) is 0.200. The fourth-order valence-corrected chi connectivity index (χ4v) is 2.67. The van der Waals surface area contributed by atoms with E-state index in [4.69, 9.17) is 16.0 Å². The second kappa shape index (κ2) is 6.46. The maximum Gasteiger partial charge on any atom is 0.247 e. The first-order valence-corrected chi connectivity index (χ1v) is 7.64. The predicted octanol–water partition coefficient (Wildman–Crippen LogP) is 4.96. The standard InChI is InChI=1S/C15H9ClF2N2OS/c16-10-3-1-9(2-4-10)15-20-19-14(21-15)8-22-13-7-11(17)5-6-12(13)18/h1-7H,8H2. The highest BCUT2D eigenvalue weighted by atomic mass is 35.5. The van der Waals surface area contributed by atoms with Crippen LogP contribution in [-0.2, 0) is 5.75 Å². The van der Waals surface area contributed by atoms with Crippen LogP contribution in [0.4, 0.5) is 8.78 Å². The van der Waals surface area contributed by atoms with Gasteiger partial charge in [0, 0.05) is 15.5 Å². The Kier molecular flexibility index (Phi) is 4.40. The largest absolute Gasteiger partial charge is 0.420 e. The molecule has 2 aromatic carbocycles. The summed E-state index contributed by atoms with van der Waals surface area (Å²) in [6.07, 6.45) is 0. The topological polar surface area (TPSA) is 38.9 Å². The van der Waals surface area contributed by atoms with Crippen molar-refractivity contribution in [1.82, 2.24) is 10.2 Å². The molecular weight excluding hydrogens is 330 g/mol. The Morgan fingerprint density at radius 3 is 2.59 bits per heavy atom. The number of hydrogen-bond acceptors (Lipinski definition) is 4. The van der Waals surface area contributed by atoms with Crippen LogP contribution in [0.2, 0.25) is 5.02 Å². The van der Waals surface area contributed by atoms with Crippen LogP contribution in [0.5, 0.6) is 0 Å². The molecule has 0 saturated carbocycles. The van der Waals surface area contributed by atoms with Crippen LogP contribution in [0.1, 0.15) is 5.89 Å². The van der Waals surface area contributed by atoms with Crippen LogP contribution >= 0.6 is 23.4 Å². The molecule has 1 aromatic heterocycles. The van der Waals surface area contributed by atoms with E-state index in [2.05, 4.69) is 10.2 Å². The van der Waals surface area contributed by atoms with Gasteiger partial charge in [0.15, 0.2) is 0 Å². The van der Waals surface area contributed by atoms with E-state index in [0.29, 0.717) is 16.8 Å². The molecule has 0 N–H and O–H groups in total. The zero-order chi connectivity index (χ0) is 15.5. The fourth-order valence-electron chi connectivity index (χ4n) is 1.75. The summed E-state index contributed by atoms with van der Waals surface area (Å²) in [5.74, 6) is -0.0354. The van der Waals surface area contributed by atoms with E-state index in [-0.39, 0.29) is 10.6 Å². The van der Waals surface area contributed by atoms with Gasteiger partial charge in [-0.15, -0.1) is 22.0 Å². The Hall–Kier alpha value is -1.92. The molecule has 0 atom stereocenters. The summed E-state index contributed by atoms with van der Waals surface area (Å²) in [6, 6.07) is 10.3. The van der Waals surface area contributed by atoms with Crippen molar-refractivity contribution < 1.29 is 13.2 Å². The monoisotopic (exact) mass is 338 g/mol. The van der Waals surface area contributed by atoms with Gasteiger partial charge in [-0.1, -0.05) is 11.6 Å². The molecule has 3 rings (SSSR count). The average Bonchev–Trinajstić information content (AvgIpc) is 2.98. The van der Waals surface area contributed by atoms with Crippen molar-refractivity contribution in [1.29, 1.82) is 0 Å². The first kappa shape index (κ1) is 15.0. The van der Waals surface area contributed by atoms with Crippen LogP contribution < -0.4 is 0 Å². The van der Waals surface area contributed by atoms with E-state index in [1.54, 1.807) is 24.3 Å². The molecule has 0 aliphatic carbocycles. The van der Waals surface area contributed by atoms with Gasteiger partial charge >= 0.3 is 0 Å². The number of nitrogens with zero attached hydrogens (tertiary/aromatic N) is 2. The van der Waals surface area contributed by atoms with Gasteiger partial charge in [0.2, 0.25) is 11.8 Å². The Labute approximate surface area is 134 Å². The van der Waals surface area contributed by atoms with E-state index in [9.17, 15) is 8.78 Å². The minimum Gasteiger partial charge on any atom is -0.420 e. The van der Waals surface area contributed by atoms with Gasteiger partial charge in [-0.05, 0) is 42.5 Å². The lowest BCUT2D eigenvalue weighted by atomic mass is 10.2. The quantitative estimate of drug-likeness (QED) is 0.630. The van der Waals surface area contributed by atoms with Gasteiger partial charge in [0.1, 0.15) is 11.6 Å². The van der Waals surface area contributed by atoms with E-state index in [1.807, 2.05) is 0 Å². The smallest absolute Gasteiger partial charge is 0.247 e. The van der Waals surface area contributed by atoms with Gasteiger partial charge in [-0.2, -0.15) is 0 Å². The molecule has 3 aromatic rings. The summed E-state index contributed by atoms with van der Waals surface area (Å²) in [5, 5.41) is 8.43. The summed E-state index contributed by atoms with van der Waals surface area (Å²) < 4.78 is 32.1. The second-order valence-corrected chi connectivity index (χ2v) is 5.82. The minimum absolute atomic E-state index is 0.200. The maximum absolute atomic E-state index is 13.5. The Morgan fingerprint density at radius 2 is 1.82 bits per heavy atom. The normalized spacial score (nSPS) is 10.9. The Morgan fingerprint density at radius 1 is 1.05 bits per heavy atom. The fraction of sp³-hybridized carbons (Fsp3) is 0.0667. The third kappa shape index (κ3) is 3.45. The van der Waals surface area contributed by atoms with Crippen LogP contribution in [0, 0.1) is 11.6 Å². The lowest BCUT2D eigenvalue weighted by molar-refractivity contribution is 0.528. The maximum atomic E-state index is 13.5. The predicted molar refractivity (Wildman–Crippen MR) is 80.7 cm³/mol. The zero-order valence-electron chi connectivity index (χ0n) is 11.1. The molecule has 3 nitrogen and oxygen atoms in total. The molecule has 0 spiro atoms. The number of halogens is 3. The molecule has 22 heavy (non-hydrogen) atoms. The van der Waals surface area contributed by atoms with Crippen molar-refractivity contribution in [2.24, 2.45) is 0 Å². The van der Waals surface area contributed by atoms with E-state index >= 15 is 0 Å². The minimum atomic E-state index is -0.490. The first-order valence-electron chi connectivity index (χ1n) is 6.28. The molecular formula is C15H9ClF2N2OS. The molecule has 0 amide bonds. The van der Waals surface area contributed by atoms with Crippen molar-refractivity contribution in [3.05, 3.63) is 65.0 Å². The summed E-state index contributed by atoms with van der Waals surface area (Å²) in [6.45, 7) is 0. The van der Waals surface area contributed by atoms with Crippen LogP contribution in [-0.4, -0.2) is 10.2 Å². The van der Waals surface area contributed by atoms with E-state index < -0.39 is 11.6 Å². The molecule has 0 saturated heterocycles. The van der Waals surface area contributed by atoms with Crippen molar-refractivity contribution in [2.45, 2.75) is 10.6 Å². The highest BCUT2D eigenvalue weighted by Crippen LogP contribution is 2.27. The molecule has 0 fully saturated rings. The Balaban J connectivity index is 1.72. The molecule has 0 radical (unpaired) electrons. The van der Waals surface area contributed by atoms with Crippen molar-refractivity contribution in [3.8, 4) is 11.5 Å². The molecule has 0 unspecified atom stereocenters. The van der Waals surface area contributed by atoms with Crippen LogP contribution in [0.15, 0.2) is 51.8 Å². The molecule has 0 aliphatic heterocycles. The van der Waals surface area contributed by atoms with Crippen LogP contribution in [0.3, 0.4) is 0 Å². The van der Waals surface area contributed by atoms with Crippen LogP contribution in [0.25, 0.3) is 11.5 Å². The summed E-state index contributed by atoms with van der Waals surface area (Å²) in [5.41, 5.74) is 0.741. The van der Waals surface area contributed by atoms with Crippen molar-refractivity contribution in [2.75, 3.05) is 0 Å². The average molecular weight is 339 g/mol. The number of rotatable bonds is 4. The third-order valence-corrected chi connectivity index (χ3v) is 4.07. The third-order valence-electron chi connectivity index (χ3n) is 2.80. The molecule has 0 aliphatic rings. The molecule has 1 heterocycles. The zero-order valence-corrected chi connectivity index (χ0v) is 12.7. The van der Waals surface area contributed by atoms with Crippen molar-refractivity contribution in [3.63, 3.8) is 0 Å². The second-order valence-electron chi connectivity index (χ2n) is 4.37. The number of thioether (sulfide) groups is 1. The highest BCUT2D eigenvalue weighted by Gasteiger charge is 2.11. The molecule has 112 valence electrons. The first-order chi connectivity index (χ1) is 10.6. The summed E-state index contributed by atoms with van der Waals surface area (Å²) in [7, 11) is 0. The Bertz CT molecular complexity index is 792.